The quantitative estimate of drug-likeness (QED) is 0.461. The lowest BCUT2D eigenvalue weighted by Crippen LogP contribution is -2.42. The number of hydrogen-bond acceptors (Lipinski definition) is 8. The van der Waals surface area contributed by atoms with Gasteiger partial charge in [-0.25, -0.2) is 14.8 Å². The molecule has 9 heteroatoms. The Bertz CT molecular complexity index is 1190. The first kappa shape index (κ1) is 26.5. The first-order valence-corrected chi connectivity index (χ1v) is 13.0. The number of hydrogen-bond donors (Lipinski definition) is 3. The van der Waals surface area contributed by atoms with Gasteiger partial charge in [0.15, 0.2) is 0 Å². The molecule has 0 aliphatic heterocycles. The Morgan fingerprint density at radius 1 is 1.22 bits per heavy atom. The van der Waals surface area contributed by atoms with Crippen molar-refractivity contribution in [2.45, 2.75) is 96.3 Å². The molecule has 0 unspecified atom stereocenters. The van der Waals surface area contributed by atoms with E-state index in [0.717, 1.165) is 65.9 Å². The fourth-order valence-corrected chi connectivity index (χ4v) is 5.35. The number of nitrogens with two attached hydrogens (primary N) is 1. The summed E-state index contributed by atoms with van der Waals surface area (Å²) < 4.78 is 11.9. The molecule has 2 aliphatic carbocycles. The second-order valence-corrected chi connectivity index (χ2v) is 11.6. The van der Waals surface area contributed by atoms with Crippen molar-refractivity contribution in [2.24, 2.45) is 0 Å². The van der Waals surface area contributed by atoms with Crippen molar-refractivity contribution in [3.63, 3.8) is 0 Å². The highest BCUT2D eigenvalue weighted by Crippen LogP contribution is 2.48. The van der Waals surface area contributed by atoms with Crippen LogP contribution in [0, 0.1) is 11.3 Å². The minimum absolute atomic E-state index is 0.0353. The summed E-state index contributed by atoms with van der Waals surface area (Å²) in [7, 11) is 0. The van der Waals surface area contributed by atoms with Crippen LogP contribution in [0.1, 0.15) is 77.8 Å². The topological polar surface area (TPSA) is 135 Å². The van der Waals surface area contributed by atoms with Crippen molar-refractivity contribution < 1.29 is 14.3 Å². The molecule has 0 bridgehead atoms. The van der Waals surface area contributed by atoms with Gasteiger partial charge in [0.05, 0.1) is 30.0 Å². The maximum absolute atomic E-state index is 12.2. The van der Waals surface area contributed by atoms with Gasteiger partial charge >= 0.3 is 6.09 Å². The third-order valence-electron chi connectivity index (χ3n) is 6.93. The number of carbonyl (C=O) groups excluding carboxylic acids is 1. The molecule has 4 rings (SSSR count). The van der Waals surface area contributed by atoms with Gasteiger partial charge in [-0.05, 0) is 76.0 Å². The number of amides is 1. The lowest BCUT2D eigenvalue weighted by Gasteiger charge is -2.36. The molecule has 2 aromatic rings. The minimum Gasteiger partial charge on any atom is -0.488 e. The standard InChI is InChI=1S/C28H38N6O3/c1-27(2,3)37-26(35)34-17-7-9-18(10-8-17)36-21-12-11-19-20(23(21)31-14-6-13-29)15-28(4,5)22-24(19)32-16-33-25(22)30/h11-12,16-18,31H,6-10,14-15H2,1-5H3,(H,34,35)(H2,30,32,33)/t17-,18-. The third kappa shape index (κ3) is 6.07. The lowest BCUT2D eigenvalue weighted by molar-refractivity contribution is 0.0471. The highest BCUT2D eigenvalue weighted by molar-refractivity contribution is 5.82. The van der Waals surface area contributed by atoms with Crippen LogP contribution < -0.4 is 21.1 Å². The zero-order chi connectivity index (χ0) is 26.8. The maximum Gasteiger partial charge on any atom is 0.407 e. The van der Waals surface area contributed by atoms with Crippen LogP contribution in [0.25, 0.3) is 11.3 Å². The van der Waals surface area contributed by atoms with E-state index in [4.69, 9.17) is 20.5 Å². The molecule has 0 radical (unpaired) electrons. The Hall–Kier alpha value is -3.54. The molecule has 1 saturated carbocycles. The number of benzene rings is 1. The van der Waals surface area contributed by atoms with Gasteiger partial charge < -0.3 is 25.8 Å². The number of ether oxygens (including phenoxy) is 2. The van der Waals surface area contributed by atoms with Gasteiger partial charge in [-0.1, -0.05) is 13.8 Å². The van der Waals surface area contributed by atoms with Crippen molar-refractivity contribution in [3.8, 4) is 23.1 Å². The second kappa shape index (κ2) is 10.4. The number of carbonyl (C=O) groups is 1. The van der Waals surface area contributed by atoms with Crippen LogP contribution in [0.3, 0.4) is 0 Å². The molecule has 0 atom stereocenters. The molecule has 0 spiro atoms. The summed E-state index contributed by atoms with van der Waals surface area (Å²) in [5, 5.41) is 15.6. The Morgan fingerprint density at radius 3 is 2.62 bits per heavy atom. The van der Waals surface area contributed by atoms with E-state index in [1.165, 1.54) is 6.33 Å². The second-order valence-electron chi connectivity index (χ2n) is 11.6. The third-order valence-corrected chi connectivity index (χ3v) is 6.93. The zero-order valence-corrected chi connectivity index (χ0v) is 22.5. The molecule has 1 aromatic carbocycles. The molecule has 1 heterocycles. The summed E-state index contributed by atoms with van der Waals surface area (Å²) >= 11 is 0. The first-order chi connectivity index (χ1) is 17.5. The van der Waals surface area contributed by atoms with E-state index in [0.29, 0.717) is 18.8 Å². The number of anilines is 2. The number of nitriles is 1. The highest BCUT2D eigenvalue weighted by atomic mass is 16.6. The van der Waals surface area contributed by atoms with Crippen molar-refractivity contribution in [1.82, 2.24) is 15.3 Å². The van der Waals surface area contributed by atoms with Gasteiger partial charge in [0, 0.05) is 23.7 Å². The number of nitrogens with one attached hydrogen (secondary N) is 2. The molecule has 198 valence electrons. The van der Waals surface area contributed by atoms with Crippen LogP contribution >= 0.6 is 0 Å². The van der Waals surface area contributed by atoms with Crippen LogP contribution in [0.4, 0.5) is 16.3 Å². The van der Waals surface area contributed by atoms with E-state index in [9.17, 15) is 4.79 Å². The summed E-state index contributed by atoms with van der Waals surface area (Å²) in [4.78, 5) is 21.0. The van der Waals surface area contributed by atoms with Crippen molar-refractivity contribution >= 4 is 17.6 Å². The first-order valence-electron chi connectivity index (χ1n) is 13.0. The van der Waals surface area contributed by atoms with Gasteiger partial charge in [0.1, 0.15) is 23.5 Å². The van der Waals surface area contributed by atoms with E-state index in [2.05, 4.69) is 46.6 Å². The number of fused-ring (bicyclic) bond motifs is 3. The summed E-state index contributed by atoms with van der Waals surface area (Å²) in [6.07, 6.45) is 5.60. The van der Waals surface area contributed by atoms with Crippen molar-refractivity contribution in [1.29, 1.82) is 5.26 Å². The molecule has 1 fully saturated rings. The molecule has 9 nitrogen and oxygen atoms in total. The number of rotatable bonds is 6. The van der Waals surface area contributed by atoms with Gasteiger partial charge in [-0.15, -0.1) is 0 Å². The average molecular weight is 507 g/mol. The fourth-order valence-electron chi connectivity index (χ4n) is 5.35. The zero-order valence-electron chi connectivity index (χ0n) is 22.5. The average Bonchev–Trinajstić information content (AvgIpc) is 2.80. The van der Waals surface area contributed by atoms with Crippen LogP contribution in [-0.2, 0) is 16.6 Å². The number of nitrogen functional groups attached to an aromatic ring is 1. The normalized spacial score (nSPS) is 20.1. The Kier molecular flexibility index (Phi) is 7.49. The summed E-state index contributed by atoms with van der Waals surface area (Å²) in [6, 6.07) is 6.32. The molecule has 2 aliphatic rings. The number of aromatic nitrogens is 2. The predicted molar refractivity (Wildman–Crippen MR) is 143 cm³/mol. The predicted octanol–water partition coefficient (Wildman–Crippen LogP) is 5.10. The van der Waals surface area contributed by atoms with Crippen LogP contribution in [0.5, 0.6) is 5.75 Å². The number of alkyl carbamates (subject to hydrolysis) is 1. The van der Waals surface area contributed by atoms with Gasteiger partial charge in [0.25, 0.3) is 0 Å². The van der Waals surface area contributed by atoms with E-state index in [-0.39, 0.29) is 23.7 Å². The Balaban J connectivity index is 1.54. The van der Waals surface area contributed by atoms with E-state index in [1.54, 1.807) is 0 Å². The maximum atomic E-state index is 12.2. The smallest absolute Gasteiger partial charge is 0.407 e. The highest BCUT2D eigenvalue weighted by Gasteiger charge is 2.37. The Labute approximate surface area is 219 Å². The van der Waals surface area contributed by atoms with Gasteiger partial charge in [0.2, 0.25) is 0 Å². The molecular weight excluding hydrogens is 468 g/mol. The largest absolute Gasteiger partial charge is 0.488 e. The van der Waals surface area contributed by atoms with Crippen molar-refractivity contribution in [2.75, 3.05) is 17.6 Å². The monoisotopic (exact) mass is 506 g/mol. The lowest BCUT2D eigenvalue weighted by atomic mass is 9.71. The molecular formula is C28H38N6O3. The molecule has 0 saturated heterocycles. The van der Waals surface area contributed by atoms with Crippen LogP contribution in [0.2, 0.25) is 0 Å². The Morgan fingerprint density at radius 2 is 1.95 bits per heavy atom. The summed E-state index contributed by atoms with van der Waals surface area (Å²) in [5.74, 6) is 1.29. The molecule has 1 aromatic heterocycles. The van der Waals surface area contributed by atoms with E-state index in [1.807, 2.05) is 26.8 Å². The van der Waals surface area contributed by atoms with Crippen LogP contribution in [0.15, 0.2) is 18.5 Å². The summed E-state index contributed by atoms with van der Waals surface area (Å²) in [6.45, 7) is 10.4. The SMILES string of the molecule is CC(C)(C)OC(=O)N[C@H]1CC[C@H](Oc2ccc3c(c2NCCC#N)CC(C)(C)c2c(N)ncnc2-3)CC1. The van der Waals surface area contributed by atoms with Crippen LogP contribution in [-0.4, -0.2) is 40.4 Å². The number of nitrogens with zero attached hydrogens (tertiary/aromatic N) is 3. The van der Waals surface area contributed by atoms with E-state index >= 15 is 0 Å². The van der Waals surface area contributed by atoms with Crippen molar-refractivity contribution in [3.05, 3.63) is 29.6 Å². The van der Waals surface area contributed by atoms with Gasteiger partial charge in [-0.2, -0.15) is 5.26 Å². The summed E-state index contributed by atoms with van der Waals surface area (Å²) in [5.41, 5.74) is 10.4. The molecule has 1 amide bonds. The van der Waals surface area contributed by atoms with Gasteiger partial charge in [-0.3, -0.25) is 0 Å². The fraction of sp³-hybridized carbons (Fsp3) is 0.571. The molecule has 37 heavy (non-hydrogen) atoms. The van der Waals surface area contributed by atoms with E-state index < -0.39 is 5.60 Å². The minimum atomic E-state index is -0.515. The molecule has 4 N–H and O–H groups in total.